The van der Waals surface area contributed by atoms with Gasteiger partial charge in [0, 0.05) is 18.2 Å². The van der Waals surface area contributed by atoms with Crippen molar-refractivity contribution in [3.63, 3.8) is 0 Å². The van der Waals surface area contributed by atoms with Gasteiger partial charge < -0.3 is 20.3 Å². The summed E-state index contributed by atoms with van der Waals surface area (Å²) in [5, 5.41) is 5.84. The largest absolute Gasteiger partial charge is 0.444 e. The second-order valence-corrected chi connectivity index (χ2v) is 11.4. The van der Waals surface area contributed by atoms with Crippen LogP contribution < -0.4 is 10.6 Å². The van der Waals surface area contributed by atoms with Gasteiger partial charge in [0.2, 0.25) is 11.8 Å². The molecule has 1 saturated carbocycles. The number of ether oxygens (including phenoxy) is 1. The molecule has 0 aliphatic heterocycles. The summed E-state index contributed by atoms with van der Waals surface area (Å²) in [5.74, 6) is 2.05. The molecule has 5 atom stereocenters. The zero-order valence-electron chi connectivity index (χ0n) is 23.9. The highest BCUT2D eigenvalue weighted by atomic mass is 16.6. The van der Waals surface area contributed by atoms with Crippen molar-refractivity contribution in [2.45, 2.75) is 84.7 Å². The number of terminal acetylenes is 1. The quantitative estimate of drug-likeness (QED) is 0.413. The first kappa shape index (κ1) is 29.8. The van der Waals surface area contributed by atoms with E-state index in [0.717, 1.165) is 12.0 Å². The summed E-state index contributed by atoms with van der Waals surface area (Å²) >= 11 is 0. The van der Waals surface area contributed by atoms with Crippen molar-refractivity contribution in [2.75, 3.05) is 0 Å². The fourth-order valence-electron chi connectivity index (χ4n) is 4.53. The van der Waals surface area contributed by atoms with Gasteiger partial charge in [-0.05, 0) is 62.3 Å². The molecule has 0 bridgehead atoms. The highest BCUT2D eigenvalue weighted by Crippen LogP contribution is 2.41. The highest BCUT2D eigenvalue weighted by Gasteiger charge is 2.48. The van der Waals surface area contributed by atoms with Crippen molar-refractivity contribution in [1.29, 1.82) is 0 Å². The fraction of sp³-hybridized carbons (Fsp3) is 0.469. The van der Waals surface area contributed by atoms with Gasteiger partial charge in [-0.15, -0.1) is 6.42 Å². The number of carbonyl (C=O) groups excluding carboxylic acids is 3. The Bertz CT molecular complexity index is 1180. The average Bonchev–Trinajstić information content (AvgIpc) is 3.63. The van der Waals surface area contributed by atoms with E-state index in [-0.39, 0.29) is 29.7 Å². The minimum absolute atomic E-state index is 0.135. The molecule has 2 aromatic carbocycles. The van der Waals surface area contributed by atoms with E-state index in [0.29, 0.717) is 24.1 Å². The number of rotatable bonds is 10. The second kappa shape index (κ2) is 12.8. The summed E-state index contributed by atoms with van der Waals surface area (Å²) in [6.07, 6.45) is 6.33. The number of alkyl carbamates (subject to hydrolysis) is 1. The molecule has 0 saturated heterocycles. The van der Waals surface area contributed by atoms with E-state index < -0.39 is 23.8 Å². The van der Waals surface area contributed by atoms with Gasteiger partial charge in [-0.25, -0.2) is 4.79 Å². The molecule has 5 unspecified atom stereocenters. The number of amides is 3. The Kier molecular flexibility index (Phi) is 9.80. The van der Waals surface area contributed by atoms with Crippen LogP contribution in [0.15, 0.2) is 54.6 Å². The van der Waals surface area contributed by atoms with E-state index in [1.54, 1.807) is 49.9 Å². The Balaban J connectivity index is 1.99. The predicted octanol–water partition coefficient (Wildman–Crippen LogP) is 5.20. The molecule has 0 heterocycles. The van der Waals surface area contributed by atoms with Gasteiger partial charge in [0.05, 0.1) is 0 Å². The van der Waals surface area contributed by atoms with Crippen LogP contribution in [0, 0.1) is 24.2 Å². The monoisotopic (exact) mass is 531 g/mol. The highest BCUT2D eigenvalue weighted by molar-refractivity contribution is 5.92. The lowest BCUT2D eigenvalue weighted by molar-refractivity contribution is -0.144. The lowest BCUT2D eigenvalue weighted by Gasteiger charge is -2.36. The molecule has 1 aliphatic carbocycles. The summed E-state index contributed by atoms with van der Waals surface area (Å²) in [7, 11) is 0. The van der Waals surface area contributed by atoms with Gasteiger partial charge in [-0.2, -0.15) is 0 Å². The number of nitrogens with one attached hydrogen (secondary N) is 2. The van der Waals surface area contributed by atoms with Gasteiger partial charge in [0.25, 0.3) is 0 Å². The number of hydrogen-bond donors (Lipinski definition) is 2. The summed E-state index contributed by atoms with van der Waals surface area (Å²) in [5.41, 5.74) is 1.58. The van der Waals surface area contributed by atoms with E-state index in [1.165, 1.54) is 0 Å². The van der Waals surface area contributed by atoms with E-state index >= 15 is 0 Å². The molecule has 0 spiro atoms. The Morgan fingerprint density at radius 3 is 2.23 bits per heavy atom. The van der Waals surface area contributed by atoms with Crippen molar-refractivity contribution in [2.24, 2.45) is 11.8 Å². The molecule has 2 N–H and O–H groups in total. The second-order valence-electron chi connectivity index (χ2n) is 11.4. The van der Waals surface area contributed by atoms with E-state index in [1.807, 2.05) is 44.2 Å². The first-order valence-corrected chi connectivity index (χ1v) is 13.6. The van der Waals surface area contributed by atoms with E-state index in [9.17, 15) is 14.4 Å². The van der Waals surface area contributed by atoms with Crippen LogP contribution in [0.5, 0.6) is 0 Å². The maximum atomic E-state index is 14.3. The standard InChI is InChI=1S/C32H41N3O4/c1-8-21(3)27(34-31(38)39-32(5,6)7)30(37)35(26-19-22(26)4)28(25-17-15-23(9-2)16-18-25)29(36)33-20-24-13-11-10-12-14-24/h2,10-18,21-22,26-28H,8,19-20H2,1,3-7H3,(H,33,36)(H,34,38). The molecule has 1 fully saturated rings. The minimum atomic E-state index is -0.894. The predicted molar refractivity (Wildman–Crippen MR) is 152 cm³/mol. The molecule has 39 heavy (non-hydrogen) atoms. The van der Waals surface area contributed by atoms with Crippen LogP contribution >= 0.6 is 0 Å². The molecule has 0 radical (unpaired) electrons. The van der Waals surface area contributed by atoms with Crippen molar-refractivity contribution in [3.8, 4) is 12.3 Å². The normalized spacial score (nSPS) is 18.6. The molecule has 0 aromatic heterocycles. The van der Waals surface area contributed by atoms with E-state index in [4.69, 9.17) is 11.2 Å². The van der Waals surface area contributed by atoms with Gasteiger partial charge in [0.1, 0.15) is 17.7 Å². The average molecular weight is 532 g/mol. The van der Waals surface area contributed by atoms with Crippen LogP contribution in [0.1, 0.15) is 77.1 Å². The topological polar surface area (TPSA) is 87.7 Å². The van der Waals surface area contributed by atoms with Crippen molar-refractivity contribution >= 4 is 17.9 Å². The minimum Gasteiger partial charge on any atom is -0.444 e. The molecule has 7 nitrogen and oxygen atoms in total. The Hall–Kier alpha value is -3.79. The van der Waals surface area contributed by atoms with Crippen LogP contribution in [-0.2, 0) is 20.9 Å². The molecule has 3 rings (SSSR count). The maximum Gasteiger partial charge on any atom is 0.408 e. The summed E-state index contributed by atoms with van der Waals surface area (Å²) in [4.78, 5) is 42.6. The number of nitrogens with zero attached hydrogens (tertiary/aromatic N) is 1. The molecule has 7 heteroatoms. The molecular weight excluding hydrogens is 490 g/mol. The first-order chi connectivity index (χ1) is 18.4. The van der Waals surface area contributed by atoms with Gasteiger partial charge in [-0.1, -0.05) is 75.6 Å². The SMILES string of the molecule is C#Cc1ccc(C(C(=O)NCc2ccccc2)N(C(=O)C(NC(=O)OC(C)(C)C)C(C)CC)C2CC2C)cc1. The third kappa shape index (κ3) is 8.10. The number of hydrogen-bond acceptors (Lipinski definition) is 4. The van der Waals surface area contributed by atoms with Crippen LogP contribution in [0.25, 0.3) is 0 Å². The smallest absolute Gasteiger partial charge is 0.408 e. The van der Waals surface area contributed by atoms with E-state index in [2.05, 4.69) is 23.5 Å². The van der Waals surface area contributed by atoms with Crippen LogP contribution in [0.3, 0.4) is 0 Å². The third-order valence-electron chi connectivity index (χ3n) is 7.06. The van der Waals surface area contributed by atoms with Crippen molar-refractivity contribution in [1.82, 2.24) is 15.5 Å². The molecule has 3 amide bonds. The third-order valence-corrected chi connectivity index (χ3v) is 7.06. The molecular formula is C32H41N3O4. The maximum absolute atomic E-state index is 14.3. The Morgan fingerprint density at radius 2 is 1.72 bits per heavy atom. The van der Waals surface area contributed by atoms with Gasteiger partial charge >= 0.3 is 6.09 Å². The van der Waals surface area contributed by atoms with Crippen molar-refractivity contribution < 1.29 is 19.1 Å². The number of benzene rings is 2. The van der Waals surface area contributed by atoms with Crippen LogP contribution in [-0.4, -0.2) is 40.5 Å². The molecule has 1 aliphatic rings. The van der Waals surface area contributed by atoms with Crippen LogP contribution in [0.2, 0.25) is 0 Å². The first-order valence-electron chi connectivity index (χ1n) is 13.6. The summed E-state index contributed by atoms with van der Waals surface area (Å²) in [6.45, 7) is 11.6. The van der Waals surface area contributed by atoms with Crippen molar-refractivity contribution in [3.05, 3.63) is 71.3 Å². The number of carbonyl (C=O) groups is 3. The Morgan fingerprint density at radius 1 is 1.10 bits per heavy atom. The summed E-state index contributed by atoms with van der Waals surface area (Å²) < 4.78 is 5.48. The zero-order valence-corrected chi connectivity index (χ0v) is 23.9. The molecule has 208 valence electrons. The van der Waals surface area contributed by atoms with Gasteiger partial charge in [-0.3, -0.25) is 9.59 Å². The van der Waals surface area contributed by atoms with Crippen LogP contribution in [0.4, 0.5) is 4.79 Å². The summed E-state index contributed by atoms with van der Waals surface area (Å²) in [6, 6.07) is 14.9. The lowest BCUT2D eigenvalue weighted by atomic mass is 9.95. The lowest BCUT2D eigenvalue weighted by Crippen LogP contribution is -2.56. The molecule has 2 aromatic rings. The fourth-order valence-corrected chi connectivity index (χ4v) is 4.53. The van der Waals surface area contributed by atoms with Gasteiger partial charge in [0.15, 0.2) is 0 Å². The zero-order chi connectivity index (χ0) is 28.7. The Labute approximate surface area is 232 Å².